The molecule has 1 saturated carbocycles. The molecule has 2 aliphatic rings. The van der Waals surface area contributed by atoms with Crippen molar-refractivity contribution >= 4 is 11.4 Å². The summed E-state index contributed by atoms with van der Waals surface area (Å²) in [6.45, 7) is 4.34. The van der Waals surface area contributed by atoms with Crippen LogP contribution < -0.4 is 0 Å². The Bertz CT molecular complexity index is 1020. The Balaban J connectivity index is 1.65. The van der Waals surface area contributed by atoms with E-state index in [0.717, 1.165) is 34.7 Å². The second-order valence-electron chi connectivity index (χ2n) is 8.75. The van der Waals surface area contributed by atoms with Gasteiger partial charge < -0.3 is 15.1 Å². The van der Waals surface area contributed by atoms with Crippen LogP contribution in [-0.2, 0) is 6.54 Å². The Hall–Kier alpha value is -2.71. The molecule has 1 aliphatic carbocycles. The van der Waals surface area contributed by atoms with Crippen molar-refractivity contribution in [3.05, 3.63) is 53.9 Å². The average Bonchev–Trinajstić information content (AvgIpc) is 3.55. The van der Waals surface area contributed by atoms with Gasteiger partial charge in [0, 0.05) is 36.8 Å². The molecule has 0 radical (unpaired) electrons. The number of hydrogen-bond donors (Lipinski definition) is 2. The Labute approximate surface area is 189 Å². The molecule has 2 aromatic rings. The van der Waals surface area contributed by atoms with E-state index >= 15 is 0 Å². The fourth-order valence-corrected chi connectivity index (χ4v) is 4.76. The molecule has 1 aliphatic heterocycles. The van der Waals surface area contributed by atoms with Gasteiger partial charge in [0.25, 0.3) is 0 Å². The minimum Gasteiger partial charge on any atom is -0.394 e. The maximum Gasteiger partial charge on any atom is 0.0974 e. The molecule has 172 valence electrons. The summed E-state index contributed by atoms with van der Waals surface area (Å²) in [5.74, 6) is 0.694. The van der Waals surface area contributed by atoms with E-state index in [-0.39, 0.29) is 13.2 Å². The largest absolute Gasteiger partial charge is 0.394 e. The van der Waals surface area contributed by atoms with E-state index in [1.807, 2.05) is 25.6 Å². The summed E-state index contributed by atoms with van der Waals surface area (Å²) in [5, 5.41) is 27.9. The van der Waals surface area contributed by atoms with Crippen molar-refractivity contribution in [2.75, 3.05) is 13.7 Å². The van der Waals surface area contributed by atoms with E-state index < -0.39 is 6.10 Å². The fourth-order valence-electron chi connectivity index (χ4n) is 4.76. The van der Waals surface area contributed by atoms with Crippen LogP contribution in [0.4, 0.5) is 0 Å². The van der Waals surface area contributed by atoms with Crippen molar-refractivity contribution in [3.8, 4) is 0 Å². The van der Waals surface area contributed by atoms with Crippen LogP contribution in [0.3, 0.4) is 0 Å². The van der Waals surface area contributed by atoms with Crippen LogP contribution >= 0.6 is 0 Å². The highest BCUT2D eigenvalue weighted by Gasteiger charge is 2.29. The summed E-state index contributed by atoms with van der Waals surface area (Å²) in [5.41, 5.74) is 4.67. The zero-order valence-electron chi connectivity index (χ0n) is 19.2. The van der Waals surface area contributed by atoms with Gasteiger partial charge in [-0.25, -0.2) is 4.99 Å². The Morgan fingerprint density at radius 2 is 1.97 bits per heavy atom. The van der Waals surface area contributed by atoms with Crippen molar-refractivity contribution in [2.24, 2.45) is 10.9 Å². The fraction of sp³-hybridized carbons (Fsp3) is 0.542. The van der Waals surface area contributed by atoms with Gasteiger partial charge in [0.2, 0.25) is 0 Å². The molecule has 0 bridgehead atoms. The number of nitrogens with zero attached hydrogens (tertiary/aromatic N) is 6. The first kappa shape index (κ1) is 22.5. The maximum atomic E-state index is 9.71. The number of likely N-dealkylation sites (N-methyl/N-ethyl adjacent to an activating group) is 1. The van der Waals surface area contributed by atoms with Gasteiger partial charge in [-0.05, 0) is 25.2 Å². The first-order valence-electron chi connectivity index (χ1n) is 11.6. The molecule has 2 aromatic heterocycles. The number of rotatable bonds is 8. The summed E-state index contributed by atoms with van der Waals surface area (Å²) >= 11 is 0. The smallest absolute Gasteiger partial charge is 0.0974 e. The van der Waals surface area contributed by atoms with Crippen LogP contribution in [0.15, 0.2) is 47.8 Å². The molecule has 2 N–H and O–H groups in total. The average molecular weight is 439 g/mol. The van der Waals surface area contributed by atoms with Gasteiger partial charge in [-0.15, -0.1) is 0 Å². The Kier molecular flexibility index (Phi) is 6.91. The number of aliphatic imine (C=N–C) groups is 1. The normalized spacial score (nSPS) is 23.5. The lowest BCUT2D eigenvalue weighted by Gasteiger charge is -2.25. The molecule has 0 unspecified atom stereocenters. The lowest BCUT2D eigenvalue weighted by molar-refractivity contribution is 0.0782. The highest BCUT2D eigenvalue weighted by molar-refractivity contribution is 6.15. The van der Waals surface area contributed by atoms with Gasteiger partial charge in [0.1, 0.15) is 0 Å². The maximum absolute atomic E-state index is 9.71. The quantitative estimate of drug-likeness (QED) is 0.660. The van der Waals surface area contributed by atoms with Crippen LogP contribution in [0.25, 0.3) is 5.70 Å². The van der Waals surface area contributed by atoms with E-state index in [1.165, 1.54) is 25.7 Å². The summed E-state index contributed by atoms with van der Waals surface area (Å²) in [4.78, 5) is 7.11. The number of hydrogen-bond acceptors (Lipinski definition) is 6. The van der Waals surface area contributed by atoms with Crippen LogP contribution in [0.2, 0.25) is 0 Å². The van der Waals surface area contributed by atoms with Gasteiger partial charge in [0.15, 0.2) is 0 Å². The highest BCUT2D eigenvalue weighted by Crippen LogP contribution is 2.37. The molecular formula is C24H34N6O2. The first-order valence-corrected chi connectivity index (χ1v) is 11.6. The van der Waals surface area contributed by atoms with Crippen LogP contribution in [-0.4, -0.2) is 60.1 Å². The van der Waals surface area contributed by atoms with E-state index in [4.69, 9.17) is 15.2 Å². The van der Waals surface area contributed by atoms with Crippen molar-refractivity contribution in [2.45, 2.75) is 64.6 Å². The van der Waals surface area contributed by atoms with E-state index in [0.29, 0.717) is 12.0 Å². The van der Waals surface area contributed by atoms with Gasteiger partial charge >= 0.3 is 0 Å². The van der Waals surface area contributed by atoms with E-state index in [2.05, 4.69) is 40.8 Å². The van der Waals surface area contributed by atoms with Gasteiger partial charge in [-0.2, -0.15) is 10.2 Å². The molecule has 0 saturated heterocycles. The lowest BCUT2D eigenvalue weighted by Crippen LogP contribution is -2.23. The van der Waals surface area contributed by atoms with E-state index in [9.17, 15) is 5.11 Å². The molecule has 3 heterocycles. The van der Waals surface area contributed by atoms with Crippen molar-refractivity contribution in [1.82, 2.24) is 24.5 Å². The SMILES string of the molecule is CC/C=C1/C(c2cnn([C@H]3CCC[C@H]3CC)c2)=NC(c2cnn(C[C@@H](O)CO)c2)=CN1C. The molecule has 0 spiro atoms. The molecule has 1 fully saturated rings. The summed E-state index contributed by atoms with van der Waals surface area (Å²) in [6, 6.07) is 0.473. The molecular weight excluding hydrogens is 404 g/mol. The zero-order chi connectivity index (χ0) is 22.7. The molecule has 8 nitrogen and oxygen atoms in total. The predicted octanol–water partition coefficient (Wildman–Crippen LogP) is 3.21. The Morgan fingerprint density at radius 3 is 2.72 bits per heavy atom. The van der Waals surface area contributed by atoms with Gasteiger partial charge in [-0.1, -0.05) is 32.8 Å². The second kappa shape index (κ2) is 9.83. The third-order valence-corrected chi connectivity index (χ3v) is 6.46. The van der Waals surface area contributed by atoms with Crippen molar-refractivity contribution in [3.63, 3.8) is 0 Å². The van der Waals surface area contributed by atoms with Crippen molar-refractivity contribution < 1.29 is 10.2 Å². The standard InChI is InChI=1S/C24H34N6O2/c1-4-7-23-24(19-11-26-30(13-19)22-9-6-8-17(22)5-2)27-21(15-28(23)3)18-10-25-29(12-18)14-20(32)16-31/h7,10-13,15,17,20,22,31-32H,4-6,8-9,14,16H2,1-3H3/b23-7-/t17-,20-,22+/m1/s1. The van der Waals surface area contributed by atoms with Crippen LogP contribution in [0.1, 0.15) is 63.1 Å². The third kappa shape index (κ3) is 4.56. The molecule has 4 rings (SSSR count). The molecule has 0 amide bonds. The topological polar surface area (TPSA) is 91.7 Å². The number of aliphatic hydroxyl groups is 2. The summed E-state index contributed by atoms with van der Waals surface area (Å²) in [6.07, 6.45) is 16.9. The second-order valence-corrected chi connectivity index (χ2v) is 8.75. The lowest BCUT2D eigenvalue weighted by atomic mass is 10.0. The molecule has 0 aromatic carbocycles. The molecule has 32 heavy (non-hydrogen) atoms. The predicted molar refractivity (Wildman–Crippen MR) is 125 cm³/mol. The van der Waals surface area contributed by atoms with Gasteiger partial charge in [0.05, 0.1) is 54.8 Å². The third-order valence-electron chi connectivity index (χ3n) is 6.46. The molecule has 3 atom stereocenters. The van der Waals surface area contributed by atoms with Gasteiger partial charge in [-0.3, -0.25) is 9.36 Å². The number of aliphatic hydroxyl groups excluding tert-OH is 2. The summed E-state index contributed by atoms with van der Waals surface area (Å²) in [7, 11) is 2.03. The van der Waals surface area contributed by atoms with Crippen LogP contribution in [0, 0.1) is 5.92 Å². The minimum atomic E-state index is -0.836. The zero-order valence-corrected chi connectivity index (χ0v) is 19.2. The van der Waals surface area contributed by atoms with Crippen LogP contribution in [0.5, 0.6) is 0 Å². The number of aromatic nitrogens is 4. The minimum absolute atomic E-state index is 0.240. The Morgan fingerprint density at radius 1 is 1.16 bits per heavy atom. The van der Waals surface area contributed by atoms with E-state index in [1.54, 1.807) is 10.9 Å². The molecule has 8 heteroatoms. The first-order chi connectivity index (χ1) is 15.5. The van der Waals surface area contributed by atoms with Crippen molar-refractivity contribution in [1.29, 1.82) is 0 Å². The monoisotopic (exact) mass is 438 g/mol. The summed E-state index contributed by atoms with van der Waals surface area (Å²) < 4.78 is 3.78. The highest BCUT2D eigenvalue weighted by atomic mass is 16.3. The number of allylic oxidation sites excluding steroid dienone is 2.